The van der Waals surface area contributed by atoms with Gasteiger partial charge >= 0.3 is 0 Å². The van der Waals surface area contributed by atoms with Crippen molar-refractivity contribution in [3.8, 4) is 0 Å². The number of carbonyl (C=O) groups is 2. The summed E-state index contributed by atoms with van der Waals surface area (Å²) in [5.74, 6) is -0.794. The minimum atomic E-state index is -0.410. The largest absolute Gasteiger partial charge is 0.350 e. The van der Waals surface area contributed by atoms with Crippen LogP contribution in [0, 0.1) is 20.8 Å². The Hall–Kier alpha value is -3.08. The maximum absolute atomic E-state index is 13.5. The second-order valence-electron chi connectivity index (χ2n) is 7.56. The highest BCUT2D eigenvalue weighted by Gasteiger charge is 2.40. The molecule has 4 rings (SSSR count). The molecule has 0 spiro atoms. The van der Waals surface area contributed by atoms with Crippen molar-refractivity contribution in [1.82, 2.24) is 0 Å². The van der Waals surface area contributed by atoms with Gasteiger partial charge in [0.1, 0.15) is 5.70 Å². The molecule has 1 heterocycles. The molecule has 6 heteroatoms. The molecule has 2 amide bonds. The van der Waals surface area contributed by atoms with Crippen LogP contribution in [0.2, 0.25) is 10.0 Å². The van der Waals surface area contributed by atoms with Gasteiger partial charge < -0.3 is 5.32 Å². The van der Waals surface area contributed by atoms with Crippen LogP contribution in [0.25, 0.3) is 5.57 Å². The number of hydrogen-bond donors (Lipinski definition) is 1. The maximum atomic E-state index is 13.5. The summed E-state index contributed by atoms with van der Waals surface area (Å²) in [6, 6.07) is 17.7. The number of amides is 2. The SMILES string of the molecule is Cc1ccc(N2C(=O)C(Nc3ccc(Cl)cc3C)=C(c3ccc(Cl)cc3)C2=O)cc1C. The van der Waals surface area contributed by atoms with E-state index in [0.717, 1.165) is 16.7 Å². The first-order valence-electron chi connectivity index (χ1n) is 9.75. The van der Waals surface area contributed by atoms with Crippen LogP contribution < -0.4 is 10.2 Å². The van der Waals surface area contributed by atoms with Gasteiger partial charge in [0.15, 0.2) is 0 Å². The lowest BCUT2D eigenvalue weighted by molar-refractivity contribution is -0.120. The molecule has 1 aliphatic heterocycles. The third-order valence-corrected chi connectivity index (χ3v) is 5.90. The molecule has 0 radical (unpaired) electrons. The maximum Gasteiger partial charge on any atom is 0.282 e. The van der Waals surface area contributed by atoms with E-state index < -0.39 is 5.91 Å². The van der Waals surface area contributed by atoms with Crippen LogP contribution in [-0.4, -0.2) is 11.8 Å². The summed E-state index contributed by atoms with van der Waals surface area (Å²) in [5.41, 5.74) is 5.32. The average molecular weight is 451 g/mol. The van der Waals surface area contributed by atoms with Gasteiger partial charge in [-0.05, 0) is 85.5 Å². The molecule has 0 unspecified atom stereocenters. The summed E-state index contributed by atoms with van der Waals surface area (Å²) in [7, 11) is 0. The molecule has 0 aromatic heterocycles. The van der Waals surface area contributed by atoms with Gasteiger partial charge in [0.2, 0.25) is 0 Å². The predicted octanol–water partition coefficient (Wildman–Crippen LogP) is 6.32. The Bertz CT molecular complexity index is 1250. The van der Waals surface area contributed by atoms with E-state index in [2.05, 4.69) is 5.32 Å². The molecule has 0 saturated heterocycles. The third kappa shape index (κ3) is 3.97. The van der Waals surface area contributed by atoms with Crippen LogP contribution >= 0.6 is 23.2 Å². The van der Waals surface area contributed by atoms with E-state index in [4.69, 9.17) is 23.2 Å². The molecule has 0 saturated carbocycles. The summed E-state index contributed by atoms with van der Waals surface area (Å²) in [4.78, 5) is 28.2. The van der Waals surface area contributed by atoms with Crippen LogP contribution in [-0.2, 0) is 9.59 Å². The number of carbonyl (C=O) groups excluding carboxylic acids is 2. The Labute approximate surface area is 191 Å². The highest BCUT2D eigenvalue weighted by atomic mass is 35.5. The number of imide groups is 1. The van der Waals surface area contributed by atoms with Crippen molar-refractivity contribution in [1.29, 1.82) is 0 Å². The molecule has 0 fully saturated rings. The van der Waals surface area contributed by atoms with Crippen molar-refractivity contribution in [2.45, 2.75) is 20.8 Å². The zero-order valence-electron chi connectivity index (χ0n) is 17.3. The molecule has 31 heavy (non-hydrogen) atoms. The number of anilines is 2. The second-order valence-corrected chi connectivity index (χ2v) is 8.43. The Morgan fingerprint density at radius 3 is 2.03 bits per heavy atom. The van der Waals surface area contributed by atoms with Gasteiger partial charge in [-0.25, -0.2) is 4.90 Å². The van der Waals surface area contributed by atoms with Crippen molar-refractivity contribution >= 4 is 52.0 Å². The van der Waals surface area contributed by atoms with Crippen LogP contribution in [0.4, 0.5) is 11.4 Å². The van der Waals surface area contributed by atoms with Crippen LogP contribution in [0.15, 0.2) is 66.4 Å². The minimum Gasteiger partial charge on any atom is -0.350 e. The van der Waals surface area contributed by atoms with Gasteiger partial charge in [-0.15, -0.1) is 0 Å². The summed E-state index contributed by atoms with van der Waals surface area (Å²) in [6.45, 7) is 5.83. The number of rotatable bonds is 4. The smallest absolute Gasteiger partial charge is 0.282 e. The molecular formula is C25H20Cl2N2O2. The molecular weight excluding hydrogens is 431 g/mol. The molecule has 1 aliphatic rings. The van der Waals surface area contributed by atoms with Crippen molar-refractivity contribution in [3.63, 3.8) is 0 Å². The molecule has 0 atom stereocenters. The lowest BCUT2D eigenvalue weighted by Gasteiger charge is -2.17. The lowest BCUT2D eigenvalue weighted by atomic mass is 10.0. The number of nitrogens with zero attached hydrogens (tertiary/aromatic N) is 1. The first kappa shape index (κ1) is 21.2. The first-order chi connectivity index (χ1) is 14.8. The number of benzene rings is 3. The molecule has 0 bridgehead atoms. The molecule has 156 valence electrons. The second kappa shape index (κ2) is 8.22. The minimum absolute atomic E-state index is 0.218. The number of nitrogens with one attached hydrogen (secondary N) is 1. The van der Waals surface area contributed by atoms with Crippen LogP contribution in [0.5, 0.6) is 0 Å². The van der Waals surface area contributed by atoms with E-state index in [0.29, 0.717) is 32.6 Å². The third-order valence-electron chi connectivity index (χ3n) is 5.41. The molecule has 4 nitrogen and oxygen atoms in total. The van der Waals surface area contributed by atoms with E-state index in [1.165, 1.54) is 4.90 Å². The number of hydrogen-bond acceptors (Lipinski definition) is 3. The van der Waals surface area contributed by atoms with Crippen molar-refractivity contribution in [3.05, 3.63) is 98.7 Å². The van der Waals surface area contributed by atoms with Gasteiger partial charge in [-0.2, -0.15) is 0 Å². The predicted molar refractivity (Wildman–Crippen MR) is 127 cm³/mol. The fourth-order valence-electron chi connectivity index (χ4n) is 3.53. The van der Waals surface area contributed by atoms with Crippen LogP contribution in [0.3, 0.4) is 0 Å². The normalized spacial score (nSPS) is 13.9. The monoisotopic (exact) mass is 450 g/mol. The molecule has 3 aromatic carbocycles. The van der Waals surface area contributed by atoms with Gasteiger partial charge in [0.05, 0.1) is 11.3 Å². The summed E-state index contributed by atoms with van der Waals surface area (Å²) >= 11 is 12.1. The van der Waals surface area contributed by atoms with Gasteiger partial charge in [-0.3, -0.25) is 9.59 Å². The molecule has 1 N–H and O–H groups in total. The zero-order chi connectivity index (χ0) is 22.3. The van der Waals surface area contributed by atoms with Crippen molar-refractivity contribution in [2.24, 2.45) is 0 Å². The van der Waals surface area contributed by atoms with Crippen molar-refractivity contribution < 1.29 is 9.59 Å². The van der Waals surface area contributed by atoms with Gasteiger partial charge in [0, 0.05) is 15.7 Å². The molecule has 3 aromatic rings. The lowest BCUT2D eigenvalue weighted by Crippen LogP contribution is -2.32. The quantitative estimate of drug-likeness (QED) is 0.473. The van der Waals surface area contributed by atoms with Crippen molar-refractivity contribution in [2.75, 3.05) is 10.2 Å². The molecule has 0 aliphatic carbocycles. The Morgan fingerprint density at radius 2 is 1.39 bits per heavy atom. The summed E-state index contributed by atoms with van der Waals surface area (Å²) in [6.07, 6.45) is 0. The Balaban J connectivity index is 1.84. The summed E-state index contributed by atoms with van der Waals surface area (Å²) in [5, 5.41) is 4.33. The number of aryl methyl sites for hydroxylation is 3. The first-order valence-corrected chi connectivity index (χ1v) is 10.5. The van der Waals surface area contributed by atoms with E-state index in [9.17, 15) is 9.59 Å². The summed E-state index contributed by atoms with van der Waals surface area (Å²) < 4.78 is 0. The van der Waals surface area contributed by atoms with E-state index >= 15 is 0 Å². The van der Waals surface area contributed by atoms with Crippen LogP contribution in [0.1, 0.15) is 22.3 Å². The zero-order valence-corrected chi connectivity index (χ0v) is 18.8. The fraction of sp³-hybridized carbons (Fsp3) is 0.120. The Kier molecular flexibility index (Phi) is 5.61. The number of halogens is 2. The fourth-order valence-corrected chi connectivity index (χ4v) is 3.88. The van der Waals surface area contributed by atoms with Gasteiger partial charge in [-0.1, -0.05) is 41.4 Å². The topological polar surface area (TPSA) is 49.4 Å². The van der Waals surface area contributed by atoms with E-state index in [-0.39, 0.29) is 11.6 Å². The van der Waals surface area contributed by atoms with E-state index in [1.54, 1.807) is 48.5 Å². The Morgan fingerprint density at radius 1 is 0.710 bits per heavy atom. The van der Waals surface area contributed by atoms with Gasteiger partial charge in [0.25, 0.3) is 11.8 Å². The highest BCUT2D eigenvalue weighted by Crippen LogP contribution is 2.35. The average Bonchev–Trinajstić information content (AvgIpc) is 2.97. The standard InChI is InChI=1S/C25H20Cl2N2O2/c1-14-4-10-20(13-15(14)2)29-24(30)22(17-5-7-18(26)8-6-17)23(25(29)31)28-21-11-9-19(27)12-16(21)3/h4-13,28H,1-3H3. The van der Waals surface area contributed by atoms with E-state index in [1.807, 2.05) is 32.9 Å². The highest BCUT2D eigenvalue weighted by molar-refractivity contribution is 6.46.